The molecule has 0 atom stereocenters. The van der Waals surface area contributed by atoms with Crippen molar-refractivity contribution < 1.29 is 13.6 Å². The second-order valence-corrected chi connectivity index (χ2v) is 7.57. The molecule has 152 valence electrons. The number of halogens is 3. The third kappa shape index (κ3) is 3.91. The van der Waals surface area contributed by atoms with Crippen molar-refractivity contribution in [3.05, 3.63) is 88.2 Å². The topological polar surface area (TPSA) is 46.4 Å². The Bertz CT molecular complexity index is 1280. The number of hydrogen-bond acceptors (Lipinski definition) is 2. The smallest absolute Gasteiger partial charge is 0.230 e. The van der Waals surface area contributed by atoms with E-state index in [1.54, 1.807) is 19.1 Å². The zero-order valence-corrected chi connectivity index (χ0v) is 17.1. The summed E-state index contributed by atoms with van der Waals surface area (Å²) in [4.78, 5) is 17.4. The van der Waals surface area contributed by atoms with Gasteiger partial charge in [0.25, 0.3) is 0 Å². The summed E-state index contributed by atoms with van der Waals surface area (Å²) in [6.07, 6.45) is 1.92. The lowest BCUT2D eigenvalue weighted by molar-refractivity contribution is -0.115. The van der Waals surface area contributed by atoms with Gasteiger partial charge < -0.3 is 9.72 Å². The van der Waals surface area contributed by atoms with Crippen molar-refractivity contribution in [1.82, 2.24) is 9.38 Å². The molecule has 0 bridgehead atoms. The van der Waals surface area contributed by atoms with Gasteiger partial charge in [-0.3, -0.25) is 4.79 Å². The Kier molecular flexibility index (Phi) is 5.26. The van der Waals surface area contributed by atoms with Crippen LogP contribution in [0.4, 0.5) is 14.5 Å². The maximum atomic E-state index is 13.8. The van der Waals surface area contributed by atoms with E-state index < -0.39 is 5.82 Å². The second-order valence-electron chi connectivity index (χ2n) is 7.16. The number of amides is 1. The number of hydrogen-bond donors (Lipinski definition) is 1. The highest BCUT2D eigenvalue weighted by atomic mass is 35.5. The standard InChI is InChI=1S/C23H18ClF2N3O/c1-13-3-8-21-28-23(15-4-6-18(25)14(2)9-15)20(29(21)12-13)11-22(30)27-16-5-7-19(26)17(24)10-16/h3-10,12H,11H2,1-2H3,(H,27,30). The van der Waals surface area contributed by atoms with E-state index in [1.165, 1.54) is 24.3 Å². The third-order valence-electron chi connectivity index (χ3n) is 4.83. The van der Waals surface area contributed by atoms with Crippen LogP contribution in [0.15, 0.2) is 54.7 Å². The van der Waals surface area contributed by atoms with Gasteiger partial charge in [0.15, 0.2) is 0 Å². The average molecular weight is 426 g/mol. The molecule has 2 heterocycles. The van der Waals surface area contributed by atoms with Crippen LogP contribution in [0.25, 0.3) is 16.9 Å². The summed E-state index contributed by atoms with van der Waals surface area (Å²) >= 11 is 5.80. The first-order valence-electron chi connectivity index (χ1n) is 9.31. The van der Waals surface area contributed by atoms with Crippen LogP contribution < -0.4 is 5.32 Å². The molecule has 2 aromatic heterocycles. The van der Waals surface area contributed by atoms with Crippen LogP contribution in [-0.2, 0) is 11.2 Å². The summed E-state index contributed by atoms with van der Waals surface area (Å²) in [5, 5.41) is 2.67. The molecule has 4 nitrogen and oxygen atoms in total. The summed E-state index contributed by atoms with van der Waals surface area (Å²) < 4.78 is 29.0. The van der Waals surface area contributed by atoms with Crippen LogP contribution in [0.3, 0.4) is 0 Å². The minimum atomic E-state index is -0.555. The molecule has 0 aliphatic carbocycles. The molecule has 0 saturated heterocycles. The Morgan fingerprint density at radius 1 is 1.07 bits per heavy atom. The second kappa shape index (κ2) is 7.88. The zero-order valence-electron chi connectivity index (χ0n) is 16.3. The minimum Gasteiger partial charge on any atom is -0.326 e. The Labute approximate surface area is 177 Å². The molecule has 0 aliphatic heterocycles. The van der Waals surface area contributed by atoms with Crippen molar-refractivity contribution in [3.63, 3.8) is 0 Å². The lowest BCUT2D eigenvalue weighted by Gasteiger charge is -2.09. The molecule has 0 unspecified atom stereocenters. The van der Waals surface area contributed by atoms with Gasteiger partial charge >= 0.3 is 0 Å². The van der Waals surface area contributed by atoms with Crippen molar-refractivity contribution in [3.8, 4) is 11.3 Å². The fourth-order valence-electron chi connectivity index (χ4n) is 3.32. The fourth-order valence-corrected chi connectivity index (χ4v) is 3.50. The molecule has 4 aromatic rings. The van der Waals surface area contributed by atoms with Gasteiger partial charge in [-0.05, 0) is 67.4 Å². The van der Waals surface area contributed by atoms with Crippen molar-refractivity contribution in [2.75, 3.05) is 5.32 Å². The van der Waals surface area contributed by atoms with Gasteiger partial charge in [-0.1, -0.05) is 17.7 Å². The average Bonchev–Trinajstić information content (AvgIpc) is 3.04. The maximum absolute atomic E-state index is 13.8. The quantitative estimate of drug-likeness (QED) is 0.453. The number of fused-ring (bicyclic) bond motifs is 1. The highest BCUT2D eigenvalue weighted by Gasteiger charge is 2.18. The van der Waals surface area contributed by atoms with E-state index in [1.807, 2.05) is 29.7 Å². The van der Waals surface area contributed by atoms with Gasteiger partial charge in [-0.15, -0.1) is 0 Å². The predicted octanol–water partition coefficient (Wildman–Crippen LogP) is 5.73. The van der Waals surface area contributed by atoms with Crippen LogP contribution in [0, 0.1) is 25.5 Å². The number of aryl methyl sites for hydroxylation is 2. The lowest BCUT2D eigenvalue weighted by atomic mass is 10.1. The number of rotatable bonds is 4. The first kappa shape index (κ1) is 20.0. The molecule has 1 amide bonds. The molecule has 2 aromatic carbocycles. The minimum absolute atomic E-state index is 0.0192. The normalized spacial score (nSPS) is 11.1. The van der Waals surface area contributed by atoms with Gasteiger partial charge in [0.05, 0.1) is 22.8 Å². The number of pyridine rings is 1. The van der Waals surface area contributed by atoms with E-state index in [4.69, 9.17) is 11.6 Å². The number of nitrogens with zero attached hydrogens (tertiary/aromatic N) is 2. The van der Waals surface area contributed by atoms with Crippen molar-refractivity contribution in [2.24, 2.45) is 0 Å². The van der Waals surface area contributed by atoms with E-state index in [-0.39, 0.29) is 23.2 Å². The SMILES string of the molecule is Cc1ccc2nc(-c3ccc(F)c(C)c3)c(CC(=O)Nc3ccc(F)c(Cl)c3)n2c1. The Morgan fingerprint density at radius 3 is 2.57 bits per heavy atom. The van der Waals surface area contributed by atoms with Gasteiger partial charge in [0.2, 0.25) is 5.91 Å². The van der Waals surface area contributed by atoms with Crippen molar-refractivity contribution in [1.29, 1.82) is 0 Å². The Balaban J connectivity index is 1.74. The van der Waals surface area contributed by atoms with Crippen LogP contribution in [0.5, 0.6) is 0 Å². The molecule has 4 rings (SSSR count). The molecule has 0 aliphatic rings. The largest absolute Gasteiger partial charge is 0.326 e. The number of imidazole rings is 1. The van der Waals surface area contributed by atoms with Crippen LogP contribution in [-0.4, -0.2) is 15.3 Å². The zero-order chi connectivity index (χ0) is 21.4. The summed E-state index contributed by atoms with van der Waals surface area (Å²) in [6.45, 7) is 3.63. The van der Waals surface area contributed by atoms with E-state index >= 15 is 0 Å². The number of nitrogens with one attached hydrogen (secondary N) is 1. The van der Waals surface area contributed by atoms with Crippen molar-refractivity contribution in [2.45, 2.75) is 20.3 Å². The fraction of sp³-hybridized carbons (Fsp3) is 0.130. The number of carbonyl (C=O) groups excluding carboxylic acids is 1. The first-order valence-corrected chi connectivity index (χ1v) is 9.68. The molecular weight excluding hydrogens is 408 g/mol. The van der Waals surface area contributed by atoms with E-state index in [2.05, 4.69) is 10.3 Å². The molecular formula is C23H18ClF2N3O. The number of aromatic nitrogens is 2. The van der Waals surface area contributed by atoms with Crippen LogP contribution >= 0.6 is 11.6 Å². The molecule has 0 saturated carbocycles. The van der Waals surface area contributed by atoms with Gasteiger partial charge in [0, 0.05) is 17.4 Å². The highest BCUT2D eigenvalue weighted by Crippen LogP contribution is 2.27. The van der Waals surface area contributed by atoms with Crippen molar-refractivity contribution >= 4 is 28.8 Å². The first-order chi connectivity index (χ1) is 14.3. The van der Waals surface area contributed by atoms with Crippen LogP contribution in [0.2, 0.25) is 5.02 Å². The predicted molar refractivity (Wildman–Crippen MR) is 114 cm³/mol. The molecule has 7 heteroatoms. The lowest BCUT2D eigenvalue weighted by Crippen LogP contribution is -2.16. The monoisotopic (exact) mass is 425 g/mol. The van der Waals surface area contributed by atoms with E-state index in [0.717, 1.165) is 11.1 Å². The summed E-state index contributed by atoms with van der Waals surface area (Å²) in [6, 6.07) is 12.6. The summed E-state index contributed by atoms with van der Waals surface area (Å²) in [5.74, 6) is -1.16. The van der Waals surface area contributed by atoms with E-state index in [0.29, 0.717) is 28.3 Å². The summed E-state index contributed by atoms with van der Waals surface area (Å²) in [5.41, 5.74) is 4.59. The number of anilines is 1. The molecule has 0 spiro atoms. The summed E-state index contributed by atoms with van der Waals surface area (Å²) in [7, 11) is 0. The van der Waals surface area contributed by atoms with E-state index in [9.17, 15) is 13.6 Å². The Morgan fingerprint density at radius 2 is 1.83 bits per heavy atom. The Hall–Kier alpha value is -3.25. The molecule has 0 fully saturated rings. The van der Waals surface area contributed by atoms with Gasteiger partial charge in [0.1, 0.15) is 17.3 Å². The third-order valence-corrected chi connectivity index (χ3v) is 5.12. The van der Waals surface area contributed by atoms with Gasteiger partial charge in [-0.2, -0.15) is 0 Å². The maximum Gasteiger partial charge on any atom is 0.230 e. The number of carbonyl (C=O) groups is 1. The van der Waals surface area contributed by atoms with Gasteiger partial charge in [-0.25, -0.2) is 13.8 Å². The molecule has 1 N–H and O–H groups in total. The molecule has 30 heavy (non-hydrogen) atoms. The highest BCUT2D eigenvalue weighted by molar-refractivity contribution is 6.31. The number of benzene rings is 2. The van der Waals surface area contributed by atoms with Crippen LogP contribution in [0.1, 0.15) is 16.8 Å². The molecule has 0 radical (unpaired) electrons.